The van der Waals surface area contributed by atoms with Crippen molar-refractivity contribution in [1.29, 1.82) is 0 Å². The molecule has 0 unspecified atom stereocenters. The highest BCUT2D eigenvalue weighted by Crippen LogP contribution is 2.30. The van der Waals surface area contributed by atoms with Crippen molar-refractivity contribution in [3.8, 4) is 0 Å². The van der Waals surface area contributed by atoms with Crippen molar-refractivity contribution in [3.05, 3.63) is 53.5 Å². The maximum atomic E-state index is 12.9. The lowest BCUT2D eigenvalue weighted by Crippen LogP contribution is -2.31. The van der Waals surface area contributed by atoms with E-state index in [1.54, 1.807) is 23.3 Å². The molecule has 1 amide bonds. The van der Waals surface area contributed by atoms with Crippen molar-refractivity contribution >= 4 is 50.3 Å². The second-order valence-electron chi connectivity index (χ2n) is 7.02. The van der Waals surface area contributed by atoms with Crippen LogP contribution in [0.1, 0.15) is 18.0 Å². The van der Waals surface area contributed by atoms with Crippen molar-refractivity contribution < 1.29 is 9.53 Å². The zero-order chi connectivity index (χ0) is 21.1. The lowest BCUT2D eigenvalue weighted by atomic mass is 10.3. The fourth-order valence-corrected chi connectivity index (χ4v) is 5.27. The molecule has 2 aromatic heterocycles. The smallest absolute Gasteiger partial charge is 0.233 e. The number of hydrogen-bond donors (Lipinski definition) is 0. The number of ether oxygens (including phenoxy) is 1. The summed E-state index contributed by atoms with van der Waals surface area (Å²) >= 11 is 3.10. The predicted octanol–water partition coefficient (Wildman–Crippen LogP) is 4.60. The van der Waals surface area contributed by atoms with Crippen LogP contribution in [0.2, 0.25) is 0 Å². The minimum Gasteiger partial charge on any atom is -0.383 e. The van der Waals surface area contributed by atoms with Crippen LogP contribution in [0.3, 0.4) is 0 Å². The highest BCUT2D eigenvalue weighted by Gasteiger charge is 2.22. The molecule has 0 bridgehead atoms. The van der Waals surface area contributed by atoms with Gasteiger partial charge in [0, 0.05) is 20.7 Å². The van der Waals surface area contributed by atoms with Crippen molar-refractivity contribution in [2.75, 3.05) is 26.5 Å². The van der Waals surface area contributed by atoms with Gasteiger partial charge in [-0.05, 0) is 31.2 Å². The first-order chi connectivity index (χ1) is 14.6. The SMILES string of the molecule is COCCn1c(SCC(=O)N(C)[C@H](C)c2nc3ccccc3s2)nc2ccccc21. The van der Waals surface area contributed by atoms with Crippen molar-refractivity contribution in [2.24, 2.45) is 0 Å². The van der Waals surface area contributed by atoms with E-state index in [-0.39, 0.29) is 11.9 Å². The van der Waals surface area contributed by atoms with Gasteiger partial charge in [-0.2, -0.15) is 0 Å². The molecule has 0 spiro atoms. The third-order valence-electron chi connectivity index (χ3n) is 5.11. The summed E-state index contributed by atoms with van der Waals surface area (Å²) in [6.45, 7) is 3.32. The lowest BCUT2D eigenvalue weighted by Gasteiger charge is -2.23. The highest BCUT2D eigenvalue weighted by atomic mass is 32.2. The maximum Gasteiger partial charge on any atom is 0.233 e. The summed E-state index contributed by atoms with van der Waals surface area (Å²) in [7, 11) is 3.53. The minimum atomic E-state index is -0.0807. The number of carbonyl (C=O) groups is 1. The molecule has 0 saturated carbocycles. The van der Waals surface area contributed by atoms with Gasteiger partial charge in [0.1, 0.15) is 5.01 Å². The van der Waals surface area contributed by atoms with Gasteiger partial charge in [0.05, 0.1) is 39.7 Å². The number of hydrogen-bond acceptors (Lipinski definition) is 6. The van der Waals surface area contributed by atoms with Crippen molar-refractivity contribution in [2.45, 2.75) is 24.7 Å². The fourth-order valence-electron chi connectivity index (χ4n) is 3.24. The van der Waals surface area contributed by atoms with Gasteiger partial charge >= 0.3 is 0 Å². The molecule has 4 rings (SSSR count). The summed E-state index contributed by atoms with van der Waals surface area (Å²) in [5, 5.41) is 1.78. The molecule has 0 N–H and O–H groups in total. The van der Waals surface area contributed by atoms with Crippen molar-refractivity contribution in [3.63, 3.8) is 0 Å². The molecule has 1 atom stereocenters. The highest BCUT2D eigenvalue weighted by molar-refractivity contribution is 7.99. The molecule has 156 valence electrons. The average Bonchev–Trinajstić information content (AvgIpc) is 3.36. The first-order valence-electron chi connectivity index (χ1n) is 9.76. The first-order valence-corrected chi connectivity index (χ1v) is 11.6. The zero-order valence-corrected chi connectivity index (χ0v) is 18.9. The average molecular weight is 441 g/mol. The lowest BCUT2D eigenvalue weighted by molar-refractivity contribution is -0.128. The molecular weight excluding hydrogens is 416 g/mol. The van der Waals surface area contributed by atoms with Crippen LogP contribution >= 0.6 is 23.1 Å². The van der Waals surface area contributed by atoms with E-state index in [4.69, 9.17) is 14.7 Å². The van der Waals surface area contributed by atoms with E-state index in [1.807, 2.05) is 56.4 Å². The van der Waals surface area contributed by atoms with Crippen LogP contribution in [0.5, 0.6) is 0 Å². The Morgan fingerprint density at radius 1 is 1.17 bits per heavy atom. The van der Waals surface area contributed by atoms with E-state index in [0.29, 0.717) is 18.9 Å². The molecule has 0 aliphatic heterocycles. The number of thiazole rings is 1. The van der Waals surface area contributed by atoms with Gasteiger partial charge < -0.3 is 14.2 Å². The molecule has 0 aliphatic carbocycles. The first kappa shape index (κ1) is 20.8. The summed E-state index contributed by atoms with van der Waals surface area (Å²) < 4.78 is 8.51. The summed E-state index contributed by atoms with van der Waals surface area (Å²) in [6, 6.07) is 16.0. The van der Waals surface area contributed by atoms with Gasteiger partial charge in [0.2, 0.25) is 5.91 Å². The third kappa shape index (κ3) is 4.21. The Morgan fingerprint density at radius 3 is 2.67 bits per heavy atom. The monoisotopic (exact) mass is 440 g/mol. The molecular formula is C22H24N4O2S2. The van der Waals surface area contributed by atoms with Crippen LogP contribution < -0.4 is 0 Å². The standard InChI is InChI=1S/C22H24N4O2S2/c1-15(21-23-17-9-5-7-11-19(17)30-21)25(2)20(27)14-29-22-24-16-8-4-6-10-18(16)26(22)12-13-28-3/h4-11,15H,12-14H2,1-3H3/t15-/m1/s1. The largest absolute Gasteiger partial charge is 0.383 e. The van der Waals surface area contributed by atoms with Gasteiger partial charge in [0.15, 0.2) is 5.16 Å². The van der Waals surface area contributed by atoms with Crippen LogP contribution in [-0.2, 0) is 16.1 Å². The number of para-hydroxylation sites is 3. The summed E-state index contributed by atoms with van der Waals surface area (Å²) in [5.41, 5.74) is 2.96. The Kier molecular flexibility index (Phi) is 6.36. The zero-order valence-electron chi connectivity index (χ0n) is 17.2. The Hall–Kier alpha value is -2.42. The number of imidazole rings is 1. The molecule has 2 heterocycles. The van der Waals surface area contributed by atoms with Crippen molar-refractivity contribution in [1.82, 2.24) is 19.4 Å². The second kappa shape index (κ2) is 9.16. The molecule has 8 heteroatoms. The maximum absolute atomic E-state index is 12.9. The van der Waals surface area contributed by atoms with Crippen LogP contribution in [0, 0.1) is 0 Å². The number of aromatic nitrogens is 3. The molecule has 0 aliphatic rings. The number of methoxy groups -OCH3 is 1. The summed E-state index contributed by atoms with van der Waals surface area (Å²) in [5.74, 6) is 0.374. The summed E-state index contributed by atoms with van der Waals surface area (Å²) in [4.78, 5) is 24.1. The van der Waals surface area contributed by atoms with E-state index < -0.39 is 0 Å². The van der Waals surface area contributed by atoms with Gasteiger partial charge in [-0.15, -0.1) is 11.3 Å². The van der Waals surface area contributed by atoms with E-state index in [9.17, 15) is 4.79 Å². The van der Waals surface area contributed by atoms with Crippen LogP contribution in [0.4, 0.5) is 0 Å². The Balaban J connectivity index is 1.47. The topological polar surface area (TPSA) is 60.2 Å². The summed E-state index contributed by atoms with van der Waals surface area (Å²) in [6.07, 6.45) is 0. The molecule has 30 heavy (non-hydrogen) atoms. The number of fused-ring (bicyclic) bond motifs is 2. The van der Waals surface area contributed by atoms with Crippen LogP contribution in [-0.4, -0.2) is 51.9 Å². The predicted molar refractivity (Wildman–Crippen MR) is 123 cm³/mol. The second-order valence-corrected chi connectivity index (χ2v) is 9.02. The fraction of sp³-hybridized carbons (Fsp3) is 0.318. The number of benzene rings is 2. The molecule has 4 aromatic rings. The van der Waals surface area contributed by atoms with Gasteiger partial charge in [-0.3, -0.25) is 4.79 Å². The number of rotatable bonds is 8. The minimum absolute atomic E-state index is 0.0529. The normalized spacial score (nSPS) is 12.5. The molecule has 0 saturated heterocycles. The Bertz CT molecular complexity index is 1140. The molecule has 6 nitrogen and oxygen atoms in total. The van der Waals surface area contributed by atoms with Gasteiger partial charge in [0.25, 0.3) is 0 Å². The quantitative estimate of drug-likeness (QED) is 0.375. The molecule has 2 aromatic carbocycles. The van der Waals surface area contributed by atoms with E-state index in [2.05, 4.69) is 10.6 Å². The van der Waals surface area contributed by atoms with Crippen LogP contribution in [0.15, 0.2) is 53.7 Å². The number of nitrogens with zero attached hydrogens (tertiary/aromatic N) is 4. The van der Waals surface area contributed by atoms with E-state index in [0.717, 1.165) is 31.4 Å². The van der Waals surface area contributed by atoms with Crippen LogP contribution in [0.25, 0.3) is 21.3 Å². The Labute approximate surface area is 183 Å². The van der Waals surface area contributed by atoms with Gasteiger partial charge in [-0.1, -0.05) is 36.0 Å². The van der Waals surface area contributed by atoms with Gasteiger partial charge in [-0.25, -0.2) is 9.97 Å². The van der Waals surface area contributed by atoms with E-state index >= 15 is 0 Å². The number of thioether (sulfide) groups is 1. The molecule has 0 radical (unpaired) electrons. The Morgan fingerprint density at radius 2 is 1.90 bits per heavy atom. The number of amides is 1. The molecule has 0 fully saturated rings. The van der Waals surface area contributed by atoms with E-state index in [1.165, 1.54) is 11.8 Å². The number of carbonyl (C=O) groups excluding carboxylic acids is 1. The third-order valence-corrected chi connectivity index (χ3v) is 7.27.